The van der Waals surface area contributed by atoms with E-state index in [1.54, 1.807) is 0 Å². The van der Waals surface area contributed by atoms with Crippen LogP contribution in [-0.2, 0) is 0 Å². The van der Waals surface area contributed by atoms with Crippen molar-refractivity contribution in [3.05, 3.63) is 0 Å². The molecule has 1 saturated heterocycles. The molecule has 21 heavy (non-hydrogen) atoms. The molecular formula is C20H37N. The fourth-order valence-electron chi connectivity index (χ4n) is 5.71. The predicted octanol–water partition coefficient (Wildman–Crippen LogP) is 5.83. The monoisotopic (exact) mass is 291 g/mol. The van der Waals surface area contributed by atoms with E-state index in [-0.39, 0.29) is 0 Å². The Labute approximate surface area is 132 Å². The second-order valence-electron chi connectivity index (χ2n) is 8.20. The quantitative estimate of drug-likeness (QED) is 0.592. The van der Waals surface area contributed by atoms with Crippen molar-refractivity contribution in [3.8, 4) is 0 Å². The fraction of sp³-hybridized carbons (Fsp3) is 1.00. The van der Waals surface area contributed by atoms with Crippen molar-refractivity contribution in [2.45, 2.75) is 108 Å². The third kappa shape index (κ3) is 4.03. The molecule has 2 aliphatic carbocycles. The van der Waals surface area contributed by atoms with Crippen LogP contribution in [0.5, 0.6) is 0 Å². The summed E-state index contributed by atoms with van der Waals surface area (Å²) in [5.41, 5.74) is 0.544. The second kappa shape index (κ2) is 7.99. The van der Waals surface area contributed by atoms with Crippen LogP contribution in [0.1, 0.15) is 103 Å². The van der Waals surface area contributed by atoms with Gasteiger partial charge in [0.1, 0.15) is 0 Å². The van der Waals surface area contributed by atoms with Crippen molar-refractivity contribution in [2.75, 3.05) is 6.54 Å². The van der Waals surface area contributed by atoms with Crippen LogP contribution in [0.2, 0.25) is 0 Å². The van der Waals surface area contributed by atoms with Crippen molar-refractivity contribution in [1.82, 2.24) is 5.32 Å². The summed E-state index contributed by atoms with van der Waals surface area (Å²) in [4.78, 5) is 0. The number of piperidine rings is 1. The first-order valence-electron chi connectivity index (χ1n) is 10.2. The second-order valence-corrected chi connectivity index (χ2v) is 8.20. The number of nitrogens with one attached hydrogen (secondary N) is 1. The summed E-state index contributed by atoms with van der Waals surface area (Å²) >= 11 is 0. The van der Waals surface area contributed by atoms with Gasteiger partial charge in [-0.05, 0) is 44.1 Å². The Morgan fingerprint density at radius 3 is 1.81 bits per heavy atom. The third-order valence-corrected chi connectivity index (χ3v) is 6.86. The van der Waals surface area contributed by atoms with E-state index >= 15 is 0 Å². The van der Waals surface area contributed by atoms with Crippen molar-refractivity contribution in [1.29, 1.82) is 0 Å². The molecule has 0 aromatic heterocycles. The zero-order valence-corrected chi connectivity index (χ0v) is 14.2. The van der Waals surface area contributed by atoms with Crippen LogP contribution in [0.3, 0.4) is 0 Å². The molecule has 0 aromatic carbocycles. The summed E-state index contributed by atoms with van der Waals surface area (Å²) in [6.45, 7) is 1.31. The van der Waals surface area contributed by atoms with Crippen LogP contribution in [0.25, 0.3) is 0 Å². The van der Waals surface area contributed by atoms with Gasteiger partial charge in [-0.3, -0.25) is 0 Å². The number of hydrogen-bond acceptors (Lipinski definition) is 1. The van der Waals surface area contributed by atoms with E-state index in [1.165, 1.54) is 109 Å². The summed E-state index contributed by atoms with van der Waals surface area (Å²) in [6, 6.07) is 0. The Morgan fingerprint density at radius 1 is 0.571 bits per heavy atom. The largest absolute Gasteiger partial charge is 0.311 e. The molecule has 3 aliphatic rings. The van der Waals surface area contributed by atoms with Gasteiger partial charge in [0.25, 0.3) is 0 Å². The van der Waals surface area contributed by atoms with Crippen LogP contribution in [-0.4, -0.2) is 12.1 Å². The van der Waals surface area contributed by atoms with Crippen LogP contribution < -0.4 is 5.32 Å². The molecule has 1 heteroatoms. The van der Waals surface area contributed by atoms with Crippen LogP contribution in [0.4, 0.5) is 0 Å². The lowest BCUT2D eigenvalue weighted by atomic mass is 9.62. The van der Waals surface area contributed by atoms with E-state index in [0.717, 1.165) is 11.8 Å². The average Bonchev–Trinajstić information content (AvgIpc) is 2.51. The highest BCUT2D eigenvalue weighted by molar-refractivity contribution is 5.01. The molecule has 0 amide bonds. The van der Waals surface area contributed by atoms with E-state index in [9.17, 15) is 0 Å². The number of fused-ring (bicyclic) bond motifs is 2. The summed E-state index contributed by atoms with van der Waals surface area (Å²) in [5.74, 6) is 2.08. The minimum atomic E-state index is 0.544. The van der Waals surface area contributed by atoms with Crippen LogP contribution in [0, 0.1) is 11.8 Å². The van der Waals surface area contributed by atoms with Crippen LogP contribution in [0.15, 0.2) is 0 Å². The molecule has 1 nitrogen and oxygen atoms in total. The Hall–Kier alpha value is -0.0400. The molecule has 2 saturated carbocycles. The minimum absolute atomic E-state index is 0.544. The van der Waals surface area contributed by atoms with E-state index in [4.69, 9.17) is 0 Å². The Balaban J connectivity index is 1.67. The van der Waals surface area contributed by atoms with E-state index in [0.29, 0.717) is 5.54 Å². The molecule has 0 aromatic rings. The van der Waals surface area contributed by atoms with Gasteiger partial charge >= 0.3 is 0 Å². The maximum Gasteiger partial charge on any atom is 0.0212 e. The highest BCUT2D eigenvalue weighted by Gasteiger charge is 2.44. The zero-order valence-electron chi connectivity index (χ0n) is 14.2. The summed E-state index contributed by atoms with van der Waals surface area (Å²) in [5, 5.41) is 4.09. The first kappa shape index (κ1) is 15.8. The summed E-state index contributed by atoms with van der Waals surface area (Å²) in [6.07, 6.45) is 23.9. The maximum atomic E-state index is 4.09. The van der Waals surface area contributed by atoms with Gasteiger partial charge in [0, 0.05) is 5.54 Å². The number of rotatable bonds is 0. The topological polar surface area (TPSA) is 12.0 Å². The van der Waals surface area contributed by atoms with Gasteiger partial charge < -0.3 is 5.32 Å². The SMILES string of the molecule is C1CCCCCC2(CCCCC1)NCCC1CCCCC12. The first-order valence-corrected chi connectivity index (χ1v) is 10.2. The summed E-state index contributed by atoms with van der Waals surface area (Å²) in [7, 11) is 0. The fourth-order valence-corrected chi connectivity index (χ4v) is 5.71. The molecule has 1 aliphatic heterocycles. The van der Waals surface area contributed by atoms with Gasteiger partial charge in [0.2, 0.25) is 0 Å². The Morgan fingerprint density at radius 2 is 1.14 bits per heavy atom. The molecule has 2 unspecified atom stereocenters. The third-order valence-electron chi connectivity index (χ3n) is 6.86. The van der Waals surface area contributed by atoms with Gasteiger partial charge in [-0.1, -0.05) is 77.0 Å². The minimum Gasteiger partial charge on any atom is -0.311 e. The van der Waals surface area contributed by atoms with E-state index in [2.05, 4.69) is 5.32 Å². The van der Waals surface area contributed by atoms with Crippen molar-refractivity contribution >= 4 is 0 Å². The van der Waals surface area contributed by atoms with Crippen molar-refractivity contribution in [3.63, 3.8) is 0 Å². The standard InChI is InChI=1S/C20H37N/c1-2-4-6-10-15-20(16-11-7-5-3-1)19-13-9-8-12-18(19)14-17-21-20/h18-19,21H,1-17H2. The maximum absolute atomic E-state index is 4.09. The normalized spacial score (nSPS) is 35.4. The van der Waals surface area contributed by atoms with E-state index in [1.807, 2.05) is 0 Å². The molecular weight excluding hydrogens is 254 g/mol. The van der Waals surface area contributed by atoms with E-state index < -0.39 is 0 Å². The van der Waals surface area contributed by atoms with Gasteiger partial charge in [-0.25, -0.2) is 0 Å². The predicted molar refractivity (Wildman–Crippen MR) is 91.6 cm³/mol. The molecule has 1 heterocycles. The zero-order chi connectivity index (χ0) is 14.4. The molecule has 0 bridgehead atoms. The lowest BCUT2D eigenvalue weighted by Gasteiger charge is -2.52. The van der Waals surface area contributed by atoms with Crippen LogP contribution >= 0.6 is 0 Å². The average molecular weight is 292 g/mol. The van der Waals surface area contributed by atoms with Gasteiger partial charge in [0.15, 0.2) is 0 Å². The lowest BCUT2D eigenvalue weighted by Crippen LogP contribution is -2.58. The molecule has 0 radical (unpaired) electrons. The molecule has 1 N–H and O–H groups in total. The van der Waals surface area contributed by atoms with Gasteiger partial charge in [0.05, 0.1) is 0 Å². The smallest absolute Gasteiger partial charge is 0.0212 e. The molecule has 3 fully saturated rings. The molecule has 3 rings (SSSR count). The molecule has 1 spiro atoms. The van der Waals surface area contributed by atoms with Crippen molar-refractivity contribution in [2.24, 2.45) is 11.8 Å². The summed E-state index contributed by atoms with van der Waals surface area (Å²) < 4.78 is 0. The lowest BCUT2D eigenvalue weighted by molar-refractivity contribution is 0.0409. The number of hydrogen-bond donors (Lipinski definition) is 1. The molecule has 122 valence electrons. The highest BCUT2D eigenvalue weighted by atomic mass is 15.0. The first-order chi connectivity index (χ1) is 10.4. The Bertz CT molecular complexity index is 284. The Kier molecular flexibility index (Phi) is 6.03. The van der Waals surface area contributed by atoms with Gasteiger partial charge in [-0.15, -0.1) is 0 Å². The van der Waals surface area contributed by atoms with Gasteiger partial charge in [-0.2, -0.15) is 0 Å². The molecule has 2 atom stereocenters. The van der Waals surface area contributed by atoms with Crippen molar-refractivity contribution < 1.29 is 0 Å². The highest BCUT2D eigenvalue weighted by Crippen LogP contribution is 2.46.